The zero-order chi connectivity index (χ0) is 10.0. The minimum Gasteiger partial charge on any atom is -0.494 e. The Hall–Kier alpha value is -0.130. The molecular weight excluding hydrogens is 224 g/mol. The lowest BCUT2D eigenvalue weighted by molar-refractivity contribution is 0.363. The third-order valence-corrected chi connectivity index (χ3v) is 2.65. The summed E-state index contributed by atoms with van der Waals surface area (Å²) in [4.78, 5) is 2.00. The van der Waals surface area contributed by atoms with Crippen molar-refractivity contribution in [1.29, 1.82) is 0 Å². The van der Waals surface area contributed by atoms with Crippen LogP contribution in [0, 0.1) is 0 Å². The zero-order valence-corrected chi connectivity index (χ0v) is 9.92. The molecule has 0 unspecified atom stereocenters. The van der Waals surface area contributed by atoms with E-state index in [-0.39, 0.29) is 0 Å². The highest BCUT2D eigenvalue weighted by molar-refractivity contribution is 7.82. The fourth-order valence-corrected chi connectivity index (χ4v) is 2.37. The van der Waals surface area contributed by atoms with E-state index in [1.165, 1.54) is 0 Å². The van der Waals surface area contributed by atoms with Gasteiger partial charge in [-0.05, 0) is 6.07 Å². The monoisotopic (exact) mass is 234 g/mol. The average molecular weight is 234 g/mol. The lowest BCUT2D eigenvalue weighted by Crippen LogP contribution is -1.92. The lowest BCUT2D eigenvalue weighted by atomic mass is 10.3. The Kier molecular flexibility index (Phi) is 3.70. The summed E-state index contributed by atoms with van der Waals surface area (Å²) < 4.78 is 10.2. The topological polar surface area (TPSA) is 18.5 Å². The van der Waals surface area contributed by atoms with Crippen LogP contribution in [0.2, 0.25) is 0 Å². The molecule has 13 heavy (non-hydrogen) atoms. The van der Waals surface area contributed by atoms with E-state index < -0.39 is 0 Å². The normalized spacial score (nSPS) is 9.92. The van der Waals surface area contributed by atoms with Gasteiger partial charge in [0.25, 0.3) is 0 Å². The minimum absolute atomic E-state index is 0.598. The number of methoxy groups -OCH3 is 2. The van der Waals surface area contributed by atoms with Crippen LogP contribution >= 0.6 is 37.9 Å². The van der Waals surface area contributed by atoms with Crippen molar-refractivity contribution in [3.63, 3.8) is 0 Å². The number of benzene rings is 1. The van der Waals surface area contributed by atoms with Gasteiger partial charge in [0.1, 0.15) is 11.5 Å². The molecule has 0 saturated heterocycles. The summed E-state index contributed by atoms with van der Waals surface area (Å²) in [7, 11) is 3.12. The highest BCUT2D eigenvalue weighted by Crippen LogP contribution is 2.41. The van der Waals surface area contributed by atoms with Gasteiger partial charge in [-0.2, -0.15) is 0 Å². The first-order valence-corrected chi connectivity index (χ1v) is 4.81. The van der Waals surface area contributed by atoms with Crippen LogP contribution in [0.5, 0.6) is 11.5 Å². The second-order valence-corrected chi connectivity index (χ2v) is 3.74. The first kappa shape index (κ1) is 10.9. The summed E-state index contributed by atoms with van der Waals surface area (Å²) in [6, 6.07) is 1.75. The van der Waals surface area contributed by atoms with Crippen molar-refractivity contribution in [2.45, 2.75) is 14.7 Å². The second kappa shape index (κ2) is 4.39. The van der Waals surface area contributed by atoms with E-state index in [4.69, 9.17) is 9.47 Å². The van der Waals surface area contributed by atoms with Gasteiger partial charge in [-0.25, -0.2) is 0 Å². The van der Waals surface area contributed by atoms with Crippen LogP contribution in [0.25, 0.3) is 0 Å². The zero-order valence-electron chi connectivity index (χ0n) is 7.24. The SMILES string of the molecule is COc1c(S)cc(S)c(OC)c1S. The van der Waals surface area contributed by atoms with Crippen molar-refractivity contribution in [2.24, 2.45) is 0 Å². The lowest BCUT2D eigenvalue weighted by Gasteiger charge is -2.12. The maximum absolute atomic E-state index is 5.11. The molecule has 0 saturated carbocycles. The molecule has 0 atom stereocenters. The second-order valence-electron chi connectivity index (χ2n) is 2.33. The molecule has 1 aromatic rings. The summed E-state index contributed by atoms with van der Waals surface area (Å²) in [5.74, 6) is 1.20. The van der Waals surface area contributed by atoms with E-state index in [0.29, 0.717) is 26.2 Å². The van der Waals surface area contributed by atoms with Crippen LogP contribution in [0.1, 0.15) is 0 Å². The molecule has 0 aliphatic rings. The Bertz CT molecular complexity index is 297. The minimum atomic E-state index is 0.598. The fourth-order valence-electron chi connectivity index (χ4n) is 1.01. The molecule has 72 valence electrons. The Morgan fingerprint density at radius 3 is 1.62 bits per heavy atom. The van der Waals surface area contributed by atoms with E-state index in [1.807, 2.05) is 0 Å². The van der Waals surface area contributed by atoms with Gasteiger partial charge < -0.3 is 9.47 Å². The average Bonchev–Trinajstić information content (AvgIpc) is 2.04. The summed E-state index contributed by atoms with van der Waals surface area (Å²) in [5.41, 5.74) is 0. The first-order valence-electron chi connectivity index (χ1n) is 3.47. The third-order valence-electron chi connectivity index (χ3n) is 1.58. The molecule has 1 aromatic carbocycles. The number of hydrogen-bond acceptors (Lipinski definition) is 5. The van der Waals surface area contributed by atoms with Gasteiger partial charge in [0, 0.05) is 9.79 Å². The predicted molar refractivity (Wildman–Crippen MR) is 61.3 cm³/mol. The summed E-state index contributed by atoms with van der Waals surface area (Å²) in [6.07, 6.45) is 0. The van der Waals surface area contributed by atoms with Crippen molar-refractivity contribution in [1.82, 2.24) is 0 Å². The Morgan fingerprint density at radius 1 is 0.923 bits per heavy atom. The molecule has 0 spiro atoms. The van der Waals surface area contributed by atoms with Gasteiger partial charge in [-0.1, -0.05) is 0 Å². The van der Waals surface area contributed by atoms with Gasteiger partial charge in [-0.15, -0.1) is 37.9 Å². The quantitative estimate of drug-likeness (QED) is 0.683. The molecule has 0 aromatic heterocycles. The number of rotatable bonds is 2. The third kappa shape index (κ3) is 2.03. The Balaban J connectivity index is 3.39. The van der Waals surface area contributed by atoms with E-state index in [1.54, 1.807) is 20.3 Å². The maximum atomic E-state index is 5.11. The Morgan fingerprint density at radius 2 is 1.31 bits per heavy atom. The van der Waals surface area contributed by atoms with E-state index >= 15 is 0 Å². The van der Waals surface area contributed by atoms with Crippen LogP contribution in [-0.2, 0) is 0 Å². The van der Waals surface area contributed by atoms with Crippen LogP contribution in [0.4, 0.5) is 0 Å². The molecule has 0 bridgehead atoms. The standard InChI is InChI=1S/C8H10O2S3/c1-9-6-4(11)3-5(12)7(10-2)8(6)13/h3,11-13H,1-2H3. The van der Waals surface area contributed by atoms with Crippen molar-refractivity contribution >= 4 is 37.9 Å². The molecule has 1 rings (SSSR count). The molecular formula is C8H10O2S3. The van der Waals surface area contributed by atoms with E-state index in [2.05, 4.69) is 37.9 Å². The molecule has 2 nitrogen and oxygen atoms in total. The molecule has 5 heteroatoms. The van der Waals surface area contributed by atoms with Crippen molar-refractivity contribution in [3.05, 3.63) is 6.07 Å². The molecule has 0 amide bonds. The first-order chi connectivity index (χ1) is 6.11. The molecule has 0 fully saturated rings. The van der Waals surface area contributed by atoms with Gasteiger partial charge in [0.05, 0.1) is 19.1 Å². The summed E-state index contributed by atoms with van der Waals surface area (Å²) >= 11 is 12.7. The maximum Gasteiger partial charge on any atom is 0.149 e. The summed E-state index contributed by atoms with van der Waals surface area (Å²) in [5, 5.41) is 0. The predicted octanol–water partition coefficient (Wildman–Crippen LogP) is 2.57. The highest BCUT2D eigenvalue weighted by atomic mass is 32.1. The van der Waals surface area contributed by atoms with Gasteiger partial charge in [-0.3, -0.25) is 0 Å². The Labute approximate surface area is 93.9 Å². The van der Waals surface area contributed by atoms with Crippen molar-refractivity contribution < 1.29 is 9.47 Å². The van der Waals surface area contributed by atoms with Crippen LogP contribution in [-0.4, -0.2) is 14.2 Å². The molecule has 0 aliphatic heterocycles. The van der Waals surface area contributed by atoms with E-state index in [0.717, 1.165) is 0 Å². The van der Waals surface area contributed by atoms with Crippen LogP contribution in [0.15, 0.2) is 20.8 Å². The summed E-state index contributed by atoms with van der Waals surface area (Å²) in [6.45, 7) is 0. The molecule has 0 N–H and O–H groups in total. The fraction of sp³-hybridized carbons (Fsp3) is 0.250. The smallest absolute Gasteiger partial charge is 0.149 e. The van der Waals surface area contributed by atoms with Crippen LogP contribution < -0.4 is 9.47 Å². The number of hydrogen-bond donors (Lipinski definition) is 3. The highest BCUT2D eigenvalue weighted by Gasteiger charge is 2.13. The van der Waals surface area contributed by atoms with Gasteiger partial charge in [0.2, 0.25) is 0 Å². The molecule has 0 aliphatic carbocycles. The van der Waals surface area contributed by atoms with Crippen LogP contribution in [0.3, 0.4) is 0 Å². The number of ether oxygens (including phenoxy) is 2. The van der Waals surface area contributed by atoms with Crippen molar-refractivity contribution in [2.75, 3.05) is 14.2 Å². The molecule has 0 radical (unpaired) electrons. The van der Waals surface area contributed by atoms with Crippen molar-refractivity contribution in [3.8, 4) is 11.5 Å². The largest absolute Gasteiger partial charge is 0.494 e. The van der Waals surface area contributed by atoms with Gasteiger partial charge in [0.15, 0.2) is 0 Å². The van der Waals surface area contributed by atoms with E-state index in [9.17, 15) is 0 Å². The molecule has 0 heterocycles. The van der Waals surface area contributed by atoms with Gasteiger partial charge >= 0.3 is 0 Å². The number of thiol groups is 3.